The van der Waals surface area contributed by atoms with E-state index in [1.54, 1.807) is 0 Å². The molecule has 1 amide bonds. The molecule has 8 heteroatoms. The van der Waals surface area contributed by atoms with Crippen LogP contribution < -0.4 is 11.1 Å². The molecule has 0 spiro atoms. The molecule has 3 N–H and O–H groups in total. The zero-order valence-electron chi connectivity index (χ0n) is 9.73. The Bertz CT molecular complexity index is 294. The van der Waals surface area contributed by atoms with Gasteiger partial charge in [-0.3, -0.25) is 4.79 Å². The Kier molecular flexibility index (Phi) is 4.92. The van der Waals surface area contributed by atoms with Gasteiger partial charge in [0.2, 0.25) is 5.91 Å². The van der Waals surface area contributed by atoms with E-state index in [0.717, 1.165) is 0 Å². The number of carbonyl (C=O) groups excluding carboxylic acids is 1. The number of hydrogen-bond acceptors (Lipinski definition) is 3. The van der Waals surface area contributed by atoms with Crippen LogP contribution in [0.15, 0.2) is 0 Å². The lowest BCUT2D eigenvalue weighted by Crippen LogP contribution is -2.52. The van der Waals surface area contributed by atoms with Crippen molar-refractivity contribution in [3.63, 3.8) is 0 Å². The van der Waals surface area contributed by atoms with Gasteiger partial charge in [0.25, 0.3) is 0 Å². The average molecular weight is 272 g/mol. The zero-order valence-corrected chi connectivity index (χ0v) is 9.73. The van der Waals surface area contributed by atoms with E-state index in [9.17, 15) is 22.4 Å². The van der Waals surface area contributed by atoms with Crippen molar-refractivity contribution in [2.75, 3.05) is 26.3 Å². The van der Waals surface area contributed by atoms with Crippen LogP contribution in [-0.2, 0) is 9.53 Å². The molecule has 0 unspecified atom stereocenters. The Morgan fingerprint density at radius 1 is 1.39 bits per heavy atom. The first-order valence-electron chi connectivity index (χ1n) is 5.56. The van der Waals surface area contributed by atoms with Crippen molar-refractivity contribution in [2.45, 2.75) is 25.2 Å². The van der Waals surface area contributed by atoms with Gasteiger partial charge >= 0.3 is 12.3 Å². The second-order valence-corrected chi connectivity index (χ2v) is 4.34. The molecule has 0 atom stereocenters. The quantitative estimate of drug-likeness (QED) is 0.726. The number of carbonyl (C=O) groups is 1. The Balaban J connectivity index is 2.58. The Labute approximate surface area is 102 Å². The van der Waals surface area contributed by atoms with Gasteiger partial charge in [-0.1, -0.05) is 0 Å². The highest BCUT2D eigenvalue weighted by Crippen LogP contribution is 2.30. The molecule has 0 aromatic rings. The third-order valence-electron chi connectivity index (χ3n) is 3.13. The van der Waals surface area contributed by atoms with Gasteiger partial charge in [-0.25, -0.2) is 8.78 Å². The maximum absolute atomic E-state index is 12.7. The minimum atomic E-state index is -4.23. The molecule has 4 nitrogen and oxygen atoms in total. The topological polar surface area (TPSA) is 64.4 Å². The molecule has 0 aromatic carbocycles. The number of hydrogen-bond donors (Lipinski definition) is 2. The van der Waals surface area contributed by atoms with Crippen molar-refractivity contribution in [1.82, 2.24) is 5.32 Å². The number of rotatable bonds is 5. The molecule has 1 saturated heterocycles. The van der Waals surface area contributed by atoms with Crippen LogP contribution >= 0.6 is 0 Å². The van der Waals surface area contributed by atoms with Gasteiger partial charge < -0.3 is 15.8 Å². The smallest absolute Gasteiger partial charge is 0.324 e. The first kappa shape index (κ1) is 15.2. The van der Waals surface area contributed by atoms with Crippen LogP contribution in [0.2, 0.25) is 0 Å². The molecule has 0 aliphatic carbocycles. The number of alkyl halides is 4. The summed E-state index contributed by atoms with van der Waals surface area (Å²) in [6.07, 6.45) is -3.20. The molecular formula is C10H16F4N2O2. The Hall–Kier alpha value is -0.890. The van der Waals surface area contributed by atoms with Crippen LogP contribution in [0.1, 0.15) is 12.8 Å². The molecule has 1 heterocycles. The van der Waals surface area contributed by atoms with E-state index in [4.69, 9.17) is 10.5 Å². The lowest BCUT2D eigenvalue weighted by atomic mass is 9.79. The molecular weight excluding hydrogens is 256 g/mol. The summed E-state index contributed by atoms with van der Waals surface area (Å²) >= 11 is 0. The van der Waals surface area contributed by atoms with E-state index in [0.29, 0.717) is 26.1 Å². The fourth-order valence-corrected chi connectivity index (χ4v) is 1.75. The maximum Gasteiger partial charge on any atom is 0.324 e. The second-order valence-electron chi connectivity index (χ2n) is 4.34. The summed E-state index contributed by atoms with van der Waals surface area (Å²) in [6, 6.07) is 0. The summed E-state index contributed by atoms with van der Waals surface area (Å²) in [4.78, 5) is 11.8. The number of amides is 1. The first-order valence-corrected chi connectivity index (χ1v) is 5.56. The van der Waals surface area contributed by atoms with Crippen molar-refractivity contribution in [3.05, 3.63) is 0 Å². The van der Waals surface area contributed by atoms with Gasteiger partial charge in [0.15, 0.2) is 0 Å². The van der Waals surface area contributed by atoms with Gasteiger partial charge in [0, 0.05) is 19.8 Å². The molecule has 0 saturated carbocycles. The molecule has 1 fully saturated rings. The monoisotopic (exact) mass is 272 g/mol. The summed E-state index contributed by atoms with van der Waals surface area (Å²) in [5.41, 5.74) is 4.50. The SMILES string of the molecule is NCC1(C(=O)NCC(F)(F)C(F)F)CCOCC1. The zero-order chi connectivity index (χ0) is 13.8. The van der Waals surface area contributed by atoms with Crippen LogP contribution in [0.3, 0.4) is 0 Å². The van der Waals surface area contributed by atoms with Crippen molar-refractivity contribution >= 4 is 5.91 Å². The lowest BCUT2D eigenvalue weighted by molar-refractivity contribution is -0.146. The van der Waals surface area contributed by atoms with E-state index >= 15 is 0 Å². The summed E-state index contributed by atoms with van der Waals surface area (Å²) < 4.78 is 54.3. The third-order valence-corrected chi connectivity index (χ3v) is 3.13. The summed E-state index contributed by atoms with van der Waals surface area (Å²) in [5.74, 6) is -4.94. The summed E-state index contributed by atoms with van der Waals surface area (Å²) in [5, 5.41) is 1.86. The normalized spacial score (nSPS) is 19.9. The Morgan fingerprint density at radius 3 is 2.39 bits per heavy atom. The lowest BCUT2D eigenvalue weighted by Gasteiger charge is -2.34. The molecule has 1 aliphatic rings. The van der Waals surface area contributed by atoms with Crippen LogP contribution in [0.4, 0.5) is 17.6 Å². The fourth-order valence-electron chi connectivity index (χ4n) is 1.75. The number of nitrogens with two attached hydrogens (primary N) is 1. The van der Waals surface area contributed by atoms with Crippen molar-refractivity contribution in [3.8, 4) is 0 Å². The molecule has 0 bridgehead atoms. The average Bonchev–Trinajstić information content (AvgIpc) is 2.36. The predicted molar refractivity (Wildman–Crippen MR) is 55.5 cm³/mol. The number of nitrogens with one attached hydrogen (secondary N) is 1. The minimum absolute atomic E-state index is 0.0254. The van der Waals surface area contributed by atoms with Crippen molar-refractivity contribution in [2.24, 2.45) is 11.1 Å². The first-order chi connectivity index (χ1) is 8.34. The van der Waals surface area contributed by atoms with Gasteiger partial charge in [0.05, 0.1) is 12.0 Å². The summed E-state index contributed by atoms with van der Waals surface area (Å²) in [6.45, 7) is -0.805. The number of halogens is 4. The molecule has 18 heavy (non-hydrogen) atoms. The van der Waals surface area contributed by atoms with Gasteiger partial charge in [-0.05, 0) is 12.8 Å². The van der Waals surface area contributed by atoms with Crippen molar-refractivity contribution < 1.29 is 27.1 Å². The van der Waals surface area contributed by atoms with Crippen LogP contribution in [0, 0.1) is 5.41 Å². The molecule has 0 aromatic heterocycles. The fraction of sp³-hybridized carbons (Fsp3) is 0.900. The third kappa shape index (κ3) is 3.32. The van der Waals surface area contributed by atoms with Gasteiger partial charge in [0.1, 0.15) is 0 Å². The standard InChI is InChI=1S/C10H16F4N2O2/c11-7(12)10(13,14)6-16-8(17)9(5-15)1-3-18-4-2-9/h7H,1-6,15H2,(H,16,17). The van der Waals surface area contributed by atoms with Gasteiger partial charge in [-0.2, -0.15) is 8.78 Å². The molecule has 1 rings (SSSR count). The van der Waals surface area contributed by atoms with Gasteiger partial charge in [-0.15, -0.1) is 0 Å². The highest BCUT2D eigenvalue weighted by atomic mass is 19.3. The highest BCUT2D eigenvalue weighted by molar-refractivity contribution is 5.83. The van der Waals surface area contributed by atoms with E-state index in [1.165, 1.54) is 0 Å². The minimum Gasteiger partial charge on any atom is -0.381 e. The van der Waals surface area contributed by atoms with Crippen LogP contribution in [0.5, 0.6) is 0 Å². The second kappa shape index (κ2) is 5.83. The van der Waals surface area contributed by atoms with Crippen LogP contribution in [-0.4, -0.2) is 44.6 Å². The predicted octanol–water partition coefficient (Wildman–Crippen LogP) is 0.758. The maximum atomic E-state index is 12.7. The molecule has 0 radical (unpaired) electrons. The summed E-state index contributed by atoms with van der Waals surface area (Å²) in [7, 11) is 0. The van der Waals surface area contributed by atoms with E-state index in [1.807, 2.05) is 5.32 Å². The molecule has 1 aliphatic heterocycles. The number of ether oxygens (including phenoxy) is 1. The van der Waals surface area contributed by atoms with Crippen LogP contribution in [0.25, 0.3) is 0 Å². The van der Waals surface area contributed by atoms with E-state index in [2.05, 4.69) is 0 Å². The Morgan fingerprint density at radius 2 is 1.94 bits per heavy atom. The van der Waals surface area contributed by atoms with E-state index < -0.39 is 30.2 Å². The molecule has 106 valence electrons. The van der Waals surface area contributed by atoms with E-state index in [-0.39, 0.29) is 6.54 Å². The largest absolute Gasteiger partial charge is 0.381 e. The highest BCUT2D eigenvalue weighted by Gasteiger charge is 2.44. The van der Waals surface area contributed by atoms with Crippen molar-refractivity contribution in [1.29, 1.82) is 0 Å².